The van der Waals surface area contributed by atoms with Gasteiger partial charge in [-0.25, -0.2) is 4.39 Å². The summed E-state index contributed by atoms with van der Waals surface area (Å²) >= 11 is 3.05. The number of halogens is 2. The molecule has 0 spiro atoms. The Morgan fingerprint density at radius 2 is 2.36 bits per heavy atom. The van der Waals surface area contributed by atoms with E-state index in [1.165, 1.54) is 6.07 Å². The second kappa shape index (κ2) is 3.46. The molecule has 72 valence electrons. The van der Waals surface area contributed by atoms with Crippen LogP contribution < -0.4 is 9.47 Å². The van der Waals surface area contributed by atoms with E-state index in [0.29, 0.717) is 11.5 Å². The first-order valence-electron chi connectivity index (χ1n) is 3.87. The first-order chi connectivity index (χ1) is 6.74. The summed E-state index contributed by atoms with van der Waals surface area (Å²) in [6.07, 6.45) is -0.0308. The summed E-state index contributed by atoms with van der Waals surface area (Å²) in [5.41, 5.74) is 0.245. The van der Waals surface area contributed by atoms with Gasteiger partial charge >= 0.3 is 0 Å². The minimum atomic E-state index is -0.462. The van der Waals surface area contributed by atoms with E-state index in [2.05, 4.69) is 15.9 Å². The van der Waals surface area contributed by atoms with Crippen LogP contribution in [-0.4, -0.2) is 6.79 Å². The second-order valence-electron chi connectivity index (χ2n) is 2.72. The highest BCUT2D eigenvalue weighted by atomic mass is 79.9. The Balaban J connectivity index is 2.61. The normalized spacial score (nSPS) is 12.6. The van der Waals surface area contributed by atoms with Crippen molar-refractivity contribution in [1.82, 2.24) is 0 Å². The largest absolute Gasteiger partial charge is 0.454 e. The molecule has 5 heteroatoms. The molecule has 0 bridgehead atoms. The molecule has 0 N–H and O–H groups in total. The Morgan fingerprint density at radius 3 is 3.07 bits per heavy atom. The predicted molar refractivity (Wildman–Crippen MR) is 49.5 cm³/mol. The molecule has 0 aromatic heterocycles. The van der Waals surface area contributed by atoms with Gasteiger partial charge in [-0.2, -0.15) is 5.26 Å². The third-order valence-corrected chi connectivity index (χ3v) is 2.48. The third-order valence-electron chi connectivity index (χ3n) is 1.90. The van der Waals surface area contributed by atoms with Gasteiger partial charge in [0.05, 0.1) is 17.0 Å². The summed E-state index contributed by atoms with van der Waals surface area (Å²) < 4.78 is 24.0. The van der Waals surface area contributed by atoms with Gasteiger partial charge in [-0.3, -0.25) is 0 Å². The zero-order valence-corrected chi connectivity index (χ0v) is 8.60. The van der Waals surface area contributed by atoms with Gasteiger partial charge < -0.3 is 9.47 Å². The lowest BCUT2D eigenvalue weighted by atomic mass is 10.1. The van der Waals surface area contributed by atoms with E-state index >= 15 is 0 Å². The van der Waals surface area contributed by atoms with Crippen molar-refractivity contribution in [2.24, 2.45) is 0 Å². The second-order valence-corrected chi connectivity index (χ2v) is 3.57. The standard InChI is InChI=1S/C9H5BrFNO2/c10-6-3-7-9(14-4-13-7)5(1-2-12)8(6)11/h3H,1,4H2. The molecule has 1 aromatic rings. The highest BCUT2D eigenvalue weighted by molar-refractivity contribution is 9.10. The lowest BCUT2D eigenvalue weighted by Gasteiger charge is -2.05. The zero-order chi connectivity index (χ0) is 10.1. The summed E-state index contributed by atoms with van der Waals surface area (Å²) in [4.78, 5) is 0. The molecule has 0 fully saturated rings. The maximum absolute atomic E-state index is 13.5. The Kier molecular flexibility index (Phi) is 2.30. The number of hydrogen-bond donors (Lipinski definition) is 0. The Hall–Kier alpha value is -1.28. The summed E-state index contributed by atoms with van der Waals surface area (Å²) in [6, 6.07) is 3.38. The van der Waals surface area contributed by atoms with Gasteiger partial charge in [-0.05, 0) is 15.9 Å². The molecule has 1 heterocycles. The molecule has 0 saturated heterocycles. The van der Waals surface area contributed by atoms with Crippen LogP contribution in [0.5, 0.6) is 11.5 Å². The SMILES string of the molecule is N#CCc1c(F)c(Br)cc2c1OCO2. The van der Waals surface area contributed by atoms with Crippen LogP contribution in [0.3, 0.4) is 0 Å². The maximum Gasteiger partial charge on any atom is 0.231 e. The van der Waals surface area contributed by atoms with Crippen molar-refractivity contribution in [2.45, 2.75) is 6.42 Å². The molecule has 14 heavy (non-hydrogen) atoms. The fourth-order valence-electron chi connectivity index (χ4n) is 1.29. The van der Waals surface area contributed by atoms with Crippen LogP contribution in [0, 0.1) is 17.1 Å². The van der Waals surface area contributed by atoms with Crippen molar-refractivity contribution in [2.75, 3.05) is 6.79 Å². The molecule has 0 unspecified atom stereocenters. The molecule has 1 aliphatic rings. The summed E-state index contributed by atoms with van der Waals surface area (Å²) in [5, 5.41) is 8.54. The van der Waals surface area contributed by atoms with E-state index in [1.54, 1.807) is 0 Å². The molecule has 0 saturated carbocycles. The molecule has 1 aromatic carbocycles. The molecule has 0 atom stereocenters. The molecule has 1 aliphatic heterocycles. The molecule has 0 amide bonds. The van der Waals surface area contributed by atoms with Crippen molar-refractivity contribution in [1.29, 1.82) is 5.26 Å². The van der Waals surface area contributed by atoms with Gasteiger partial charge in [0, 0.05) is 11.6 Å². The van der Waals surface area contributed by atoms with Crippen LogP contribution in [-0.2, 0) is 6.42 Å². The molecule has 2 rings (SSSR count). The topological polar surface area (TPSA) is 42.2 Å². The quantitative estimate of drug-likeness (QED) is 0.776. The molecular formula is C9H5BrFNO2. The van der Waals surface area contributed by atoms with Gasteiger partial charge in [0.1, 0.15) is 5.82 Å². The third kappa shape index (κ3) is 1.32. The fraction of sp³-hybridized carbons (Fsp3) is 0.222. The Bertz CT molecular complexity index is 428. The minimum Gasteiger partial charge on any atom is -0.454 e. The predicted octanol–water partition coefficient (Wildman–Crippen LogP) is 2.38. The zero-order valence-electron chi connectivity index (χ0n) is 7.01. The Morgan fingerprint density at radius 1 is 1.57 bits per heavy atom. The van der Waals surface area contributed by atoms with Gasteiger partial charge in [-0.1, -0.05) is 0 Å². The van der Waals surface area contributed by atoms with E-state index in [4.69, 9.17) is 14.7 Å². The summed E-state index contributed by atoms with van der Waals surface area (Å²) in [7, 11) is 0. The highest BCUT2D eigenvalue weighted by Crippen LogP contribution is 2.40. The minimum absolute atomic E-state index is 0.0308. The average Bonchev–Trinajstić information content (AvgIpc) is 2.60. The van der Waals surface area contributed by atoms with Crippen molar-refractivity contribution in [3.05, 3.63) is 21.9 Å². The van der Waals surface area contributed by atoms with E-state index < -0.39 is 5.82 Å². The average molecular weight is 258 g/mol. The molecular weight excluding hydrogens is 253 g/mol. The van der Waals surface area contributed by atoms with Gasteiger partial charge in [-0.15, -0.1) is 0 Å². The number of ether oxygens (including phenoxy) is 2. The number of rotatable bonds is 1. The molecule has 0 radical (unpaired) electrons. The van der Waals surface area contributed by atoms with Crippen LogP contribution in [0.15, 0.2) is 10.5 Å². The lowest BCUT2D eigenvalue weighted by Crippen LogP contribution is -1.95. The molecule has 3 nitrogen and oxygen atoms in total. The van der Waals surface area contributed by atoms with Crippen LogP contribution in [0.4, 0.5) is 4.39 Å². The summed E-state index contributed by atoms with van der Waals surface area (Å²) in [6.45, 7) is 0.0731. The smallest absolute Gasteiger partial charge is 0.231 e. The van der Waals surface area contributed by atoms with Crippen molar-refractivity contribution in [3.8, 4) is 17.6 Å². The highest BCUT2D eigenvalue weighted by Gasteiger charge is 2.23. The number of fused-ring (bicyclic) bond motifs is 1. The van der Waals surface area contributed by atoms with Crippen LogP contribution in [0.2, 0.25) is 0 Å². The van der Waals surface area contributed by atoms with Crippen LogP contribution in [0.1, 0.15) is 5.56 Å². The van der Waals surface area contributed by atoms with E-state index in [-0.39, 0.29) is 23.2 Å². The number of nitrogens with zero attached hydrogens (tertiary/aromatic N) is 1. The monoisotopic (exact) mass is 257 g/mol. The van der Waals surface area contributed by atoms with Crippen molar-refractivity contribution < 1.29 is 13.9 Å². The molecule has 0 aliphatic carbocycles. The van der Waals surface area contributed by atoms with Crippen LogP contribution in [0.25, 0.3) is 0 Å². The van der Waals surface area contributed by atoms with E-state index in [9.17, 15) is 4.39 Å². The van der Waals surface area contributed by atoms with Crippen molar-refractivity contribution >= 4 is 15.9 Å². The van der Waals surface area contributed by atoms with E-state index in [0.717, 1.165) is 0 Å². The Labute approximate surface area is 88.2 Å². The first-order valence-corrected chi connectivity index (χ1v) is 4.66. The lowest BCUT2D eigenvalue weighted by molar-refractivity contribution is 0.173. The number of hydrogen-bond acceptors (Lipinski definition) is 3. The van der Waals surface area contributed by atoms with Crippen molar-refractivity contribution in [3.63, 3.8) is 0 Å². The van der Waals surface area contributed by atoms with Crippen LogP contribution >= 0.6 is 15.9 Å². The fourth-order valence-corrected chi connectivity index (χ4v) is 1.74. The van der Waals surface area contributed by atoms with Gasteiger partial charge in [0.15, 0.2) is 11.5 Å². The number of benzene rings is 1. The van der Waals surface area contributed by atoms with E-state index in [1.807, 2.05) is 6.07 Å². The summed E-state index contributed by atoms with van der Waals surface area (Å²) in [5.74, 6) is 0.353. The van der Waals surface area contributed by atoms with Gasteiger partial charge in [0.25, 0.3) is 0 Å². The van der Waals surface area contributed by atoms with Gasteiger partial charge in [0.2, 0.25) is 6.79 Å². The number of nitriles is 1. The maximum atomic E-state index is 13.5. The first kappa shape index (κ1) is 9.28.